The van der Waals surface area contributed by atoms with Gasteiger partial charge in [-0.2, -0.15) is 0 Å². The maximum atomic E-state index is 12.6. The van der Waals surface area contributed by atoms with Crippen LogP contribution in [0.2, 0.25) is 0 Å². The smallest absolute Gasteiger partial charge is 0.254 e. The van der Waals surface area contributed by atoms with E-state index in [2.05, 4.69) is 15.9 Å². The minimum atomic E-state index is -0.368. The minimum absolute atomic E-state index is 0.0432. The van der Waals surface area contributed by atoms with Crippen molar-refractivity contribution >= 4 is 27.7 Å². The molecule has 4 nitrogen and oxygen atoms in total. The van der Waals surface area contributed by atoms with E-state index in [0.717, 1.165) is 15.6 Å². The van der Waals surface area contributed by atoms with Crippen LogP contribution < -0.4 is 0 Å². The minimum Gasteiger partial charge on any atom is -0.339 e. The van der Waals surface area contributed by atoms with Gasteiger partial charge in [-0.05, 0) is 24.6 Å². The molecular formula is C17H23BrN2O2. The molecule has 0 saturated carbocycles. The molecule has 2 amide bonds. The third-order valence-corrected chi connectivity index (χ3v) is 4.42. The van der Waals surface area contributed by atoms with Gasteiger partial charge in [-0.15, -0.1) is 0 Å². The molecule has 2 rings (SSSR count). The van der Waals surface area contributed by atoms with Crippen LogP contribution in [-0.4, -0.2) is 47.8 Å². The Kier molecular flexibility index (Phi) is 4.95. The Labute approximate surface area is 140 Å². The van der Waals surface area contributed by atoms with Crippen molar-refractivity contribution in [1.82, 2.24) is 9.80 Å². The third kappa shape index (κ3) is 3.69. The van der Waals surface area contributed by atoms with E-state index >= 15 is 0 Å². The van der Waals surface area contributed by atoms with E-state index in [1.165, 1.54) is 0 Å². The Morgan fingerprint density at radius 2 is 1.59 bits per heavy atom. The van der Waals surface area contributed by atoms with Crippen molar-refractivity contribution in [2.24, 2.45) is 5.41 Å². The van der Waals surface area contributed by atoms with E-state index < -0.39 is 0 Å². The number of rotatable bonds is 1. The molecule has 1 aromatic rings. The second kappa shape index (κ2) is 6.41. The van der Waals surface area contributed by atoms with Gasteiger partial charge in [0.2, 0.25) is 5.91 Å². The first kappa shape index (κ1) is 17.0. The van der Waals surface area contributed by atoms with Crippen molar-refractivity contribution in [3.63, 3.8) is 0 Å². The Bertz CT molecular complexity index is 585. The summed E-state index contributed by atoms with van der Waals surface area (Å²) in [5.74, 6) is 0.194. The summed E-state index contributed by atoms with van der Waals surface area (Å²) in [6, 6.07) is 5.74. The molecule has 0 radical (unpaired) electrons. The fourth-order valence-corrected chi connectivity index (χ4v) is 2.94. The van der Waals surface area contributed by atoms with Crippen molar-refractivity contribution in [1.29, 1.82) is 0 Å². The van der Waals surface area contributed by atoms with Gasteiger partial charge in [0.15, 0.2) is 0 Å². The molecular weight excluding hydrogens is 344 g/mol. The van der Waals surface area contributed by atoms with Crippen LogP contribution in [0, 0.1) is 12.3 Å². The quantitative estimate of drug-likeness (QED) is 0.766. The van der Waals surface area contributed by atoms with E-state index in [1.807, 2.05) is 55.7 Å². The molecule has 1 aliphatic heterocycles. The molecule has 0 aliphatic carbocycles. The highest BCUT2D eigenvalue weighted by Gasteiger charge is 2.31. The number of carbonyl (C=O) groups is 2. The molecule has 1 heterocycles. The SMILES string of the molecule is Cc1ccc(Br)cc1C(=O)N1CCN(C(=O)C(C)(C)C)CC1. The zero-order chi connectivity index (χ0) is 16.5. The van der Waals surface area contributed by atoms with Gasteiger partial charge < -0.3 is 9.80 Å². The zero-order valence-corrected chi connectivity index (χ0v) is 15.2. The Hall–Kier alpha value is -1.36. The Morgan fingerprint density at radius 1 is 1.05 bits per heavy atom. The average molecular weight is 367 g/mol. The summed E-state index contributed by atoms with van der Waals surface area (Å²) in [7, 11) is 0. The van der Waals surface area contributed by atoms with Gasteiger partial charge >= 0.3 is 0 Å². The summed E-state index contributed by atoms with van der Waals surface area (Å²) >= 11 is 3.42. The molecule has 1 aliphatic rings. The molecule has 1 aromatic carbocycles. The monoisotopic (exact) mass is 366 g/mol. The topological polar surface area (TPSA) is 40.6 Å². The van der Waals surface area contributed by atoms with E-state index in [9.17, 15) is 9.59 Å². The average Bonchev–Trinajstić information content (AvgIpc) is 2.47. The van der Waals surface area contributed by atoms with Crippen LogP contribution in [0.15, 0.2) is 22.7 Å². The molecule has 5 heteroatoms. The lowest BCUT2D eigenvalue weighted by molar-refractivity contribution is -0.140. The van der Waals surface area contributed by atoms with Gasteiger partial charge in [0, 0.05) is 41.6 Å². The summed E-state index contributed by atoms with van der Waals surface area (Å²) in [5, 5.41) is 0. The number of benzene rings is 1. The third-order valence-electron chi connectivity index (χ3n) is 3.93. The highest BCUT2D eigenvalue weighted by Crippen LogP contribution is 2.21. The highest BCUT2D eigenvalue weighted by molar-refractivity contribution is 9.10. The van der Waals surface area contributed by atoms with Crippen LogP contribution in [-0.2, 0) is 4.79 Å². The van der Waals surface area contributed by atoms with E-state index in [0.29, 0.717) is 26.2 Å². The summed E-state index contributed by atoms with van der Waals surface area (Å²) in [4.78, 5) is 28.6. The van der Waals surface area contributed by atoms with Crippen LogP contribution in [0.25, 0.3) is 0 Å². The Balaban J connectivity index is 2.04. The number of carbonyl (C=O) groups excluding carboxylic acids is 2. The van der Waals surface area contributed by atoms with Crippen molar-refractivity contribution < 1.29 is 9.59 Å². The number of amides is 2. The van der Waals surface area contributed by atoms with Crippen LogP contribution in [0.3, 0.4) is 0 Å². The molecule has 0 atom stereocenters. The van der Waals surface area contributed by atoms with Gasteiger partial charge in [0.05, 0.1) is 0 Å². The molecule has 22 heavy (non-hydrogen) atoms. The highest BCUT2D eigenvalue weighted by atomic mass is 79.9. The van der Waals surface area contributed by atoms with Crippen LogP contribution in [0.5, 0.6) is 0 Å². The number of piperazine rings is 1. The first-order valence-electron chi connectivity index (χ1n) is 7.55. The molecule has 120 valence electrons. The van der Waals surface area contributed by atoms with Crippen LogP contribution >= 0.6 is 15.9 Å². The molecule has 0 aromatic heterocycles. The molecule has 0 bridgehead atoms. The number of halogens is 1. The van der Waals surface area contributed by atoms with Crippen molar-refractivity contribution in [2.75, 3.05) is 26.2 Å². The van der Waals surface area contributed by atoms with Gasteiger partial charge in [-0.3, -0.25) is 9.59 Å². The standard InChI is InChI=1S/C17H23BrN2O2/c1-12-5-6-13(18)11-14(12)15(21)19-7-9-20(10-8-19)16(22)17(2,3)4/h5-6,11H,7-10H2,1-4H3. The zero-order valence-electron chi connectivity index (χ0n) is 13.6. The van der Waals surface area contributed by atoms with Gasteiger partial charge in [-0.1, -0.05) is 42.8 Å². The van der Waals surface area contributed by atoms with E-state index in [-0.39, 0.29) is 17.2 Å². The lowest BCUT2D eigenvalue weighted by Gasteiger charge is -2.37. The number of aryl methyl sites for hydroxylation is 1. The number of hydrogen-bond acceptors (Lipinski definition) is 2. The van der Waals surface area contributed by atoms with Crippen molar-refractivity contribution in [2.45, 2.75) is 27.7 Å². The second-order valence-electron chi connectivity index (χ2n) is 6.79. The lowest BCUT2D eigenvalue weighted by atomic mass is 9.94. The normalized spacial score (nSPS) is 15.9. The maximum Gasteiger partial charge on any atom is 0.254 e. The first-order valence-corrected chi connectivity index (χ1v) is 8.34. The predicted molar refractivity (Wildman–Crippen MR) is 90.8 cm³/mol. The summed E-state index contributed by atoms with van der Waals surface area (Å²) in [6.45, 7) is 10.1. The van der Waals surface area contributed by atoms with Gasteiger partial charge in [0.25, 0.3) is 5.91 Å². The van der Waals surface area contributed by atoms with Crippen LogP contribution in [0.1, 0.15) is 36.7 Å². The van der Waals surface area contributed by atoms with Crippen LogP contribution in [0.4, 0.5) is 0 Å². The fourth-order valence-electron chi connectivity index (χ4n) is 2.58. The second-order valence-corrected chi connectivity index (χ2v) is 7.71. The predicted octanol–water partition coefficient (Wildman–Crippen LogP) is 3.09. The fraction of sp³-hybridized carbons (Fsp3) is 0.529. The molecule has 1 fully saturated rings. The van der Waals surface area contributed by atoms with Gasteiger partial charge in [0.1, 0.15) is 0 Å². The lowest BCUT2D eigenvalue weighted by Crippen LogP contribution is -2.53. The molecule has 0 N–H and O–H groups in total. The molecule has 0 unspecified atom stereocenters. The summed E-state index contributed by atoms with van der Waals surface area (Å²) < 4.78 is 0.906. The van der Waals surface area contributed by atoms with Crippen molar-refractivity contribution in [3.8, 4) is 0 Å². The van der Waals surface area contributed by atoms with E-state index in [1.54, 1.807) is 0 Å². The maximum absolute atomic E-state index is 12.6. The van der Waals surface area contributed by atoms with E-state index in [4.69, 9.17) is 0 Å². The summed E-state index contributed by atoms with van der Waals surface area (Å²) in [5.41, 5.74) is 1.33. The number of nitrogens with zero attached hydrogens (tertiary/aromatic N) is 2. The first-order chi connectivity index (χ1) is 10.2. The van der Waals surface area contributed by atoms with Gasteiger partial charge in [-0.25, -0.2) is 0 Å². The Morgan fingerprint density at radius 3 is 2.14 bits per heavy atom. The molecule has 0 spiro atoms. The summed E-state index contributed by atoms with van der Waals surface area (Å²) in [6.07, 6.45) is 0. The largest absolute Gasteiger partial charge is 0.339 e. The molecule has 1 saturated heterocycles. The number of hydrogen-bond donors (Lipinski definition) is 0. The van der Waals surface area contributed by atoms with Crippen molar-refractivity contribution in [3.05, 3.63) is 33.8 Å².